The van der Waals surface area contributed by atoms with Crippen molar-refractivity contribution in [3.8, 4) is 11.8 Å². The van der Waals surface area contributed by atoms with Crippen molar-refractivity contribution in [3.63, 3.8) is 0 Å². The van der Waals surface area contributed by atoms with Crippen LogP contribution in [0.1, 0.15) is 48.8 Å². The lowest BCUT2D eigenvalue weighted by molar-refractivity contribution is 0.414. The van der Waals surface area contributed by atoms with E-state index in [-0.39, 0.29) is 5.92 Å². The first-order valence-electron chi connectivity index (χ1n) is 7.91. The van der Waals surface area contributed by atoms with Crippen LogP contribution in [0.4, 0.5) is 0 Å². The first-order valence-corrected chi connectivity index (χ1v) is 7.91. The Morgan fingerprint density at radius 1 is 1.05 bits per heavy atom. The Balaban J connectivity index is 2.28. The summed E-state index contributed by atoms with van der Waals surface area (Å²) >= 11 is 0. The molecule has 0 amide bonds. The number of aryl methyl sites for hydroxylation is 1. The molecule has 0 spiro atoms. The first-order chi connectivity index (χ1) is 10.8. The van der Waals surface area contributed by atoms with Gasteiger partial charge in [-0.25, -0.2) is 0 Å². The Hall–Kier alpha value is -2.27. The number of hydrogen-bond acceptors (Lipinski definition) is 2. The summed E-state index contributed by atoms with van der Waals surface area (Å²) in [5, 5.41) is 9.67. The van der Waals surface area contributed by atoms with Gasteiger partial charge in [0.05, 0.1) is 19.1 Å². The van der Waals surface area contributed by atoms with E-state index in [1.165, 1.54) is 24.8 Å². The lowest BCUT2D eigenvalue weighted by Crippen LogP contribution is -2.03. The van der Waals surface area contributed by atoms with Gasteiger partial charge in [-0.05, 0) is 41.7 Å². The fourth-order valence-electron chi connectivity index (χ4n) is 2.73. The first kappa shape index (κ1) is 16.1. The minimum absolute atomic E-state index is 0.219. The standard InChI is InChI=1S/C20H23NO/c1-3-4-5-8-16-9-6-7-10-19(16)20(15-21)17-11-13-18(22-2)14-12-17/h6-7,9-14,20H,3-5,8H2,1-2H3. The molecule has 0 fully saturated rings. The molecule has 0 radical (unpaired) electrons. The lowest BCUT2D eigenvalue weighted by atomic mass is 9.87. The Labute approximate surface area is 133 Å². The van der Waals surface area contributed by atoms with Gasteiger partial charge in [-0.2, -0.15) is 5.26 Å². The molecular weight excluding hydrogens is 270 g/mol. The third kappa shape index (κ3) is 3.89. The molecule has 0 saturated heterocycles. The van der Waals surface area contributed by atoms with Gasteiger partial charge in [0.1, 0.15) is 5.75 Å². The average Bonchev–Trinajstić information content (AvgIpc) is 2.58. The largest absolute Gasteiger partial charge is 0.497 e. The number of unbranched alkanes of at least 4 members (excludes halogenated alkanes) is 2. The smallest absolute Gasteiger partial charge is 0.118 e. The van der Waals surface area contributed by atoms with Gasteiger partial charge >= 0.3 is 0 Å². The summed E-state index contributed by atoms with van der Waals surface area (Å²) in [6.07, 6.45) is 4.66. The number of methoxy groups -OCH3 is 1. The summed E-state index contributed by atoms with van der Waals surface area (Å²) in [4.78, 5) is 0. The number of nitrogens with zero attached hydrogens (tertiary/aromatic N) is 1. The van der Waals surface area contributed by atoms with E-state index in [9.17, 15) is 5.26 Å². The highest BCUT2D eigenvalue weighted by Crippen LogP contribution is 2.29. The molecule has 0 bridgehead atoms. The van der Waals surface area contributed by atoms with Crippen molar-refractivity contribution in [1.82, 2.24) is 0 Å². The van der Waals surface area contributed by atoms with Crippen molar-refractivity contribution >= 4 is 0 Å². The number of benzene rings is 2. The predicted octanol–water partition coefficient (Wildman–Crippen LogP) is 5.08. The zero-order chi connectivity index (χ0) is 15.8. The molecule has 114 valence electrons. The zero-order valence-electron chi connectivity index (χ0n) is 13.4. The highest BCUT2D eigenvalue weighted by molar-refractivity contribution is 5.44. The van der Waals surface area contributed by atoms with Crippen LogP contribution < -0.4 is 4.74 Å². The van der Waals surface area contributed by atoms with Gasteiger partial charge in [0, 0.05) is 0 Å². The second-order valence-electron chi connectivity index (χ2n) is 5.49. The van der Waals surface area contributed by atoms with Crippen LogP contribution in [-0.4, -0.2) is 7.11 Å². The highest BCUT2D eigenvalue weighted by Gasteiger charge is 2.16. The van der Waals surface area contributed by atoms with Gasteiger partial charge in [0.15, 0.2) is 0 Å². The minimum Gasteiger partial charge on any atom is -0.497 e. The van der Waals surface area contributed by atoms with E-state index in [4.69, 9.17) is 4.74 Å². The van der Waals surface area contributed by atoms with Crippen molar-refractivity contribution in [2.45, 2.75) is 38.5 Å². The van der Waals surface area contributed by atoms with Gasteiger partial charge in [0.2, 0.25) is 0 Å². The lowest BCUT2D eigenvalue weighted by Gasteiger charge is -2.15. The molecule has 0 N–H and O–H groups in total. The SMILES string of the molecule is CCCCCc1ccccc1C(C#N)c1ccc(OC)cc1. The minimum atomic E-state index is -0.219. The van der Waals surface area contributed by atoms with E-state index < -0.39 is 0 Å². The monoisotopic (exact) mass is 293 g/mol. The zero-order valence-corrected chi connectivity index (χ0v) is 13.4. The third-order valence-electron chi connectivity index (χ3n) is 3.99. The summed E-state index contributed by atoms with van der Waals surface area (Å²) in [6, 6.07) is 18.6. The molecule has 0 aromatic heterocycles. The Morgan fingerprint density at radius 3 is 2.41 bits per heavy atom. The average molecular weight is 293 g/mol. The number of ether oxygens (including phenoxy) is 1. The fraction of sp³-hybridized carbons (Fsp3) is 0.350. The normalized spacial score (nSPS) is 11.7. The molecule has 0 aliphatic carbocycles. The maximum absolute atomic E-state index is 9.67. The van der Waals surface area contributed by atoms with Crippen molar-refractivity contribution in [3.05, 3.63) is 65.2 Å². The Bertz CT molecular complexity index is 625. The summed E-state index contributed by atoms with van der Waals surface area (Å²) in [7, 11) is 1.65. The van der Waals surface area contributed by atoms with Crippen molar-refractivity contribution in [2.75, 3.05) is 7.11 Å². The van der Waals surface area contributed by atoms with Crippen molar-refractivity contribution in [1.29, 1.82) is 5.26 Å². The van der Waals surface area contributed by atoms with E-state index in [0.29, 0.717) is 0 Å². The number of rotatable bonds is 7. The van der Waals surface area contributed by atoms with Crippen LogP contribution in [0, 0.1) is 11.3 Å². The van der Waals surface area contributed by atoms with Crippen LogP contribution in [0.5, 0.6) is 5.75 Å². The van der Waals surface area contributed by atoms with Crippen molar-refractivity contribution < 1.29 is 4.74 Å². The van der Waals surface area contributed by atoms with Crippen LogP contribution in [0.2, 0.25) is 0 Å². The maximum atomic E-state index is 9.67. The van der Waals surface area contributed by atoms with E-state index in [1.807, 2.05) is 30.3 Å². The molecule has 0 saturated carbocycles. The predicted molar refractivity (Wildman–Crippen MR) is 90.1 cm³/mol. The van der Waals surface area contributed by atoms with Crippen LogP contribution in [0.15, 0.2) is 48.5 Å². The van der Waals surface area contributed by atoms with Crippen LogP contribution in [-0.2, 0) is 6.42 Å². The molecule has 0 aliphatic heterocycles. The molecular formula is C20H23NO. The topological polar surface area (TPSA) is 33.0 Å². The van der Waals surface area contributed by atoms with Crippen LogP contribution in [0.25, 0.3) is 0 Å². The van der Waals surface area contributed by atoms with Crippen LogP contribution in [0.3, 0.4) is 0 Å². The third-order valence-corrected chi connectivity index (χ3v) is 3.99. The highest BCUT2D eigenvalue weighted by atomic mass is 16.5. The summed E-state index contributed by atoms with van der Waals surface area (Å²) in [5.74, 6) is 0.598. The summed E-state index contributed by atoms with van der Waals surface area (Å²) < 4.78 is 5.19. The molecule has 2 aromatic rings. The molecule has 2 heteroatoms. The number of nitriles is 1. The second-order valence-corrected chi connectivity index (χ2v) is 5.49. The quantitative estimate of drug-likeness (QED) is 0.667. The van der Waals surface area contributed by atoms with E-state index in [0.717, 1.165) is 23.3 Å². The van der Waals surface area contributed by atoms with Gasteiger partial charge in [-0.3, -0.25) is 0 Å². The molecule has 0 aliphatic rings. The fourth-order valence-corrected chi connectivity index (χ4v) is 2.73. The van der Waals surface area contributed by atoms with E-state index >= 15 is 0 Å². The van der Waals surface area contributed by atoms with Crippen molar-refractivity contribution in [2.24, 2.45) is 0 Å². The van der Waals surface area contributed by atoms with Crippen LogP contribution >= 0.6 is 0 Å². The van der Waals surface area contributed by atoms with Gasteiger partial charge in [-0.15, -0.1) is 0 Å². The molecule has 1 atom stereocenters. The van der Waals surface area contributed by atoms with Gasteiger partial charge in [-0.1, -0.05) is 56.2 Å². The Kier molecular flexibility index (Phi) is 6.03. The summed E-state index contributed by atoms with van der Waals surface area (Å²) in [6.45, 7) is 2.21. The Morgan fingerprint density at radius 2 is 1.77 bits per heavy atom. The summed E-state index contributed by atoms with van der Waals surface area (Å²) in [5.41, 5.74) is 3.44. The molecule has 2 aromatic carbocycles. The molecule has 0 heterocycles. The second kappa shape index (κ2) is 8.24. The maximum Gasteiger partial charge on any atom is 0.118 e. The van der Waals surface area contributed by atoms with Gasteiger partial charge in [0.25, 0.3) is 0 Å². The molecule has 2 rings (SSSR count). The molecule has 22 heavy (non-hydrogen) atoms. The number of hydrogen-bond donors (Lipinski definition) is 0. The van der Waals surface area contributed by atoms with E-state index in [2.05, 4.69) is 31.2 Å². The molecule has 2 nitrogen and oxygen atoms in total. The van der Waals surface area contributed by atoms with Gasteiger partial charge < -0.3 is 4.74 Å². The van der Waals surface area contributed by atoms with E-state index in [1.54, 1.807) is 7.11 Å². The molecule has 1 unspecified atom stereocenters.